The lowest BCUT2D eigenvalue weighted by atomic mass is 9.84. The molecule has 2 unspecified atom stereocenters. The van der Waals surface area contributed by atoms with Gasteiger partial charge in [-0.25, -0.2) is 17.6 Å². The fourth-order valence-electron chi connectivity index (χ4n) is 5.17. The molecule has 180 valence electrons. The van der Waals surface area contributed by atoms with Gasteiger partial charge in [-0.3, -0.25) is 0 Å². The Labute approximate surface area is 196 Å². The summed E-state index contributed by atoms with van der Waals surface area (Å²) < 4.78 is 55.9. The van der Waals surface area contributed by atoms with Crippen LogP contribution >= 0.6 is 0 Å². The highest BCUT2D eigenvalue weighted by molar-refractivity contribution is 5.73. The summed E-state index contributed by atoms with van der Waals surface area (Å²) in [6, 6.07) is 5.99. The molecule has 0 nitrogen and oxygen atoms in total. The molecule has 2 aromatic carbocycles. The molecule has 0 spiro atoms. The first kappa shape index (κ1) is 25.5. The number of benzene rings is 2. The summed E-state index contributed by atoms with van der Waals surface area (Å²) in [5.74, 6) is -2.62. The molecule has 1 aliphatic carbocycles. The highest BCUT2D eigenvalue weighted by Crippen LogP contribution is 2.42. The van der Waals surface area contributed by atoms with Crippen molar-refractivity contribution >= 4 is 5.57 Å². The lowest BCUT2D eigenvalue weighted by Crippen LogP contribution is -2.24. The first-order valence-corrected chi connectivity index (χ1v) is 12.2. The zero-order valence-electron chi connectivity index (χ0n) is 20.2. The minimum atomic E-state index is -1.21. The second-order valence-corrected chi connectivity index (χ2v) is 9.88. The number of aryl methyl sites for hydroxylation is 3. The van der Waals surface area contributed by atoms with Crippen LogP contribution in [-0.2, 0) is 12.8 Å². The Morgan fingerprint density at radius 3 is 2.30 bits per heavy atom. The molecule has 0 saturated heterocycles. The smallest absolute Gasteiger partial charge is 0.161 e. The van der Waals surface area contributed by atoms with Gasteiger partial charge in [-0.2, -0.15) is 0 Å². The number of hydrogen-bond acceptors (Lipinski definition) is 0. The van der Waals surface area contributed by atoms with Gasteiger partial charge in [0.05, 0.1) is 0 Å². The molecule has 4 heteroatoms. The van der Waals surface area contributed by atoms with E-state index >= 15 is 4.39 Å². The highest BCUT2D eigenvalue weighted by atomic mass is 19.2. The van der Waals surface area contributed by atoms with Crippen LogP contribution in [0.2, 0.25) is 0 Å². The van der Waals surface area contributed by atoms with Crippen LogP contribution in [0.4, 0.5) is 17.6 Å². The highest BCUT2D eigenvalue weighted by Gasteiger charge is 2.32. The first-order chi connectivity index (χ1) is 15.6. The first-order valence-electron chi connectivity index (χ1n) is 12.2. The molecule has 1 aliphatic rings. The molecule has 3 rings (SSSR count). The third-order valence-corrected chi connectivity index (χ3v) is 7.32. The Balaban J connectivity index is 1.49. The van der Waals surface area contributed by atoms with Crippen molar-refractivity contribution in [2.45, 2.75) is 90.6 Å². The number of allylic oxidation sites excluding steroid dienone is 1. The van der Waals surface area contributed by atoms with E-state index in [4.69, 9.17) is 0 Å². The van der Waals surface area contributed by atoms with Crippen LogP contribution in [0.1, 0.15) is 86.1 Å². The zero-order chi connectivity index (χ0) is 24.2. The molecule has 33 heavy (non-hydrogen) atoms. The van der Waals surface area contributed by atoms with Gasteiger partial charge in [0, 0.05) is 6.07 Å². The van der Waals surface area contributed by atoms with Gasteiger partial charge in [0.1, 0.15) is 11.5 Å². The van der Waals surface area contributed by atoms with Crippen LogP contribution in [0.5, 0.6) is 0 Å². The van der Waals surface area contributed by atoms with E-state index in [1.54, 1.807) is 0 Å². The molecule has 2 atom stereocenters. The summed E-state index contributed by atoms with van der Waals surface area (Å²) >= 11 is 0. The standard InChI is InChI=1S/C29H36F4/c1-5-11-29(33,12-8-6-7-9-23-17-27(31)28(32)18-26(23)30)13-10-22-16-24-14-19(2)20(3)15-25(24)21(22)4/h14-15,17-18,22H,4-13,16H2,1-3H3. The second-order valence-electron chi connectivity index (χ2n) is 9.88. The number of halogens is 4. The summed E-state index contributed by atoms with van der Waals surface area (Å²) in [4.78, 5) is 0. The van der Waals surface area contributed by atoms with Crippen LogP contribution < -0.4 is 0 Å². The van der Waals surface area contributed by atoms with Gasteiger partial charge >= 0.3 is 0 Å². The normalized spacial score (nSPS) is 17.3. The molecule has 0 amide bonds. The maximum Gasteiger partial charge on any atom is 0.161 e. The average molecular weight is 461 g/mol. The lowest BCUT2D eigenvalue weighted by Gasteiger charge is -2.27. The van der Waals surface area contributed by atoms with Crippen molar-refractivity contribution in [3.8, 4) is 0 Å². The van der Waals surface area contributed by atoms with Crippen LogP contribution in [-0.4, -0.2) is 5.67 Å². The molecular formula is C29H36F4. The van der Waals surface area contributed by atoms with Crippen LogP contribution in [0.15, 0.2) is 30.8 Å². The Kier molecular flexibility index (Phi) is 8.42. The molecule has 2 aromatic rings. The zero-order valence-corrected chi connectivity index (χ0v) is 20.2. The Morgan fingerprint density at radius 2 is 1.58 bits per heavy atom. The Hall–Kier alpha value is -2.10. The SMILES string of the molecule is C=C1c2cc(C)c(C)cc2CC1CCC(F)(CCC)CCCCCc1cc(F)c(F)cc1F. The summed E-state index contributed by atoms with van der Waals surface area (Å²) in [6.45, 7) is 10.6. The number of fused-ring (bicyclic) bond motifs is 1. The van der Waals surface area contributed by atoms with Gasteiger partial charge in [0.2, 0.25) is 0 Å². The molecule has 0 heterocycles. The van der Waals surface area contributed by atoms with Gasteiger partial charge in [-0.05, 0) is 104 Å². The van der Waals surface area contributed by atoms with E-state index in [0.717, 1.165) is 37.3 Å². The van der Waals surface area contributed by atoms with Crippen molar-refractivity contribution in [1.82, 2.24) is 0 Å². The van der Waals surface area contributed by atoms with Crippen LogP contribution in [0.3, 0.4) is 0 Å². The fraction of sp³-hybridized carbons (Fsp3) is 0.517. The molecule has 0 N–H and O–H groups in total. The van der Waals surface area contributed by atoms with E-state index in [0.29, 0.717) is 50.5 Å². The van der Waals surface area contributed by atoms with E-state index in [2.05, 4.69) is 32.6 Å². The summed E-state index contributed by atoms with van der Waals surface area (Å²) in [5.41, 5.74) is 5.24. The minimum absolute atomic E-state index is 0.179. The predicted octanol–water partition coefficient (Wildman–Crippen LogP) is 9.00. The van der Waals surface area contributed by atoms with E-state index in [-0.39, 0.29) is 5.56 Å². The van der Waals surface area contributed by atoms with Crippen LogP contribution in [0, 0.1) is 37.2 Å². The number of alkyl halides is 1. The van der Waals surface area contributed by atoms with Crippen LogP contribution in [0.25, 0.3) is 5.57 Å². The predicted molar refractivity (Wildman–Crippen MR) is 129 cm³/mol. The average Bonchev–Trinajstić information content (AvgIpc) is 3.05. The summed E-state index contributed by atoms with van der Waals surface area (Å²) in [6.07, 6.45) is 6.45. The monoisotopic (exact) mass is 460 g/mol. The molecule has 0 saturated carbocycles. The summed E-state index contributed by atoms with van der Waals surface area (Å²) in [7, 11) is 0. The van der Waals surface area contributed by atoms with E-state index < -0.39 is 23.1 Å². The number of rotatable bonds is 11. The van der Waals surface area contributed by atoms with Crippen molar-refractivity contribution in [2.75, 3.05) is 0 Å². The Morgan fingerprint density at radius 1 is 0.879 bits per heavy atom. The lowest BCUT2D eigenvalue weighted by molar-refractivity contribution is 0.112. The van der Waals surface area contributed by atoms with Crippen molar-refractivity contribution in [1.29, 1.82) is 0 Å². The third-order valence-electron chi connectivity index (χ3n) is 7.32. The fourth-order valence-corrected chi connectivity index (χ4v) is 5.17. The van der Waals surface area contributed by atoms with E-state index in [1.807, 2.05) is 6.92 Å². The van der Waals surface area contributed by atoms with Crippen molar-refractivity contribution in [3.63, 3.8) is 0 Å². The topological polar surface area (TPSA) is 0 Å². The maximum absolute atomic E-state index is 15.8. The summed E-state index contributed by atoms with van der Waals surface area (Å²) in [5, 5.41) is 0. The van der Waals surface area contributed by atoms with Crippen molar-refractivity contribution < 1.29 is 17.6 Å². The van der Waals surface area contributed by atoms with Gasteiger partial charge in [0.15, 0.2) is 11.6 Å². The molecule has 0 fully saturated rings. The van der Waals surface area contributed by atoms with Gasteiger partial charge in [0.25, 0.3) is 0 Å². The maximum atomic E-state index is 15.8. The molecular weight excluding hydrogens is 424 g/mol. The van der Waals surface area contributed by atoms with Crippen molar-refractivity contribution in [2.24, 2.45) is 5.92 Å². The number of unbranched alkanes of at least 4 members (excludes halogenated alkanes) is 2. The molecule has 0 bridgehead atoms. The van der Waals surface area contributed by atoms with Gasteiger partial charge in [-0.15, -0.1) is 0 Å². The Bertz CT molecular complexity index is 994. The second kappa shape index (κ2) is 10.9. The van der Waals surface area contributed by atoms with Gasteiger partial charge < -0.3 is 0 Å². The van der Waals surface area contributed by atoms with E-state index in [9.17, 15) is 13.2 Å². The number of hydrogen-bond donors (Lipinski definition) is 0. The third kappa shape index (κ3) is 6.28. The van der Waals surface area contributed by atoms with Gasteiger partial charge in [-0.1, -0.05) is 44.9 Å². The van der Waals surface area contributed by atoms with Crippen molar-refractivity contribution in [3.05, 3.63) is 76.1 Å². The molecule has 0 radical (unpaired) electrons. The molecule has 0 aromatic heterocycles. The molecule has 0 aliphatic heterocycles. The van der Waals surface area contributed by atoms with E-state index in [1.165, 1.54) is 22.3 Å². The minimum Gasteiger partial charge on any atom is -0.244 e. The largest absolute Gasteiger partial charge is 0.244 e. The quantitative estimate of drug-likeness (QED) is 0.178.